The molecule has 0 saturated carbocycles. The largest absolute Gasteiger partial charge is 0.417 e. The minimum atomic E-state index is -4.59. The SMILES string of the molecule is CC.CC(C)(C)C.Cc1ccc(C(C/C=C(\ON)c2cc(-c3ccccc3C(F)(F)F)ccc2F)CCc2ccc(C(=O)NCCS(=O)O)cc2)cc1. The molecule has 4 N–H and O–H groups in total. The predicted molar refractivity (Wildman–Crippen MR) is 208 cm³/mol. The molecule has 0 heterocycles. The molecule has 0 aliphatic carbocycles. The summed E-state index contributed by atoms with van der Waals surface area (Å²) in [4.78, 5) is 17.4. The van der Waals surface area contributed by atoms with E-state index in [0.717, 1.165) is 28.8 Å². The van der Waals surface area contributed by atoms with Gasteiger partial charge in [-0.1, -0.05) is 108 Å². The normalized spacial score (nSPS) is 12.7. The highest BCUT2D eigenvalue weighted by molar-refractivity contribution is 7.79. The van der Waals surface area contributed by atoms with Gasteiger partial charge in [-0.15, -0.1) is 0 Å². The molecular formula is C42H52F4N2O4S. The highest BCUT2D eigenvalue weighted by Gasteiger charge is 2.33. The van der Waals surface area contributed by atoms with Crippen LogP contribution in [0.4, 0.5) is 17.6 Å². The van der Waals surface area contributed by atoms with E-state index >= 15 is 4.39 Å². The van der Waals surface area contributed by atoms with Crippen molar-refractivity contribution >= 4 is 22.7 Å². The minimum Gasteiger partial charge on any atom is -0.411 e. The van der Waals surface area contributed by atoms with Crippen molar-refractivity contribution in [2.45, 2.75) is 79.8 Å². The second-order valence-electron chi connectivity index (χ2n) is 13.8. The maximum absolute atomic E-state index is 15.1. The molecule has 0 bridgehead atoms. The van der Waals surface area contributed by atoms with Crippen LogP contribution in [0, 0.1) is 18.2 Å². The molecule has 2 atom stereocenters. The van der Waals surface area contributed by atoms with E-state index in [9.17, 15) is 22.2 Å². The Hall–Kier alpha value is -4.32. The van der Waals surface area contributed by atoms with Crippen molar-refractivity contribution < 1.29 is 36.0 Å². The number of halogens is 4. The highest BCUT2D eigenvalue weighted by atomic mass is 32.2. The molecule has 4 rings (SSSR count). The molecular weight excluding hydrogens is 705 g/mol. The van der Waals surface area contributed by atoms with Crippen LogP contribution in [0.15, 0.2) is 97.1 Å². The number of nitrogens with two attached hydrogens (primary N) is 1. The Kier molecular flexibility index (Phi) is 18.1. The molecule has 11 heteroatoms. The number of hydrogen-bond acceptors (Lipinski definition) is 4. The summed E-state index contributed by atoms with van der Waals surface area (Å²) in [6, 6.07) is 23.9. The zero-order valence-corrected chi connectivity index (χ0v) is 32.3. The molecule has 0 spiro atoms. The first kappa shape index (κ1) is 44.8. The Morgan fingerprint density at radius 1 is 0.943 bits per heavy atom. The lowest BCUT2D eigenvalue weighted by Crippen LogP contribution is -2.27. The van der Waals surface area contributed by atoms with Crippen LogP contribution in [0.1, 0.15) is 98.5 Å². The topological polar surface area (TPSA) is 102 Å². The van der Waals surface area contributed by atoms with E-state index in [1.807, 2.05) is 57.2 Å². The maximum Gasteiger partial charge on any atom is 0.417 e. The zero-order chi connectivity index (χ0) is 39.8. The van der Waals surface area contributed by atoms with Crippen molar-refractivity contribution in [3.8, 4) is 11.1 Å². The van der Waals surface area contributed by atoms with Gasteiger partial charge in [-0.25, -0.2) is 8.60 Å². The maximum atomic E-state index is 15.1. The van der Waals surface area contributed by atoms with E-state index in [2.05, 4.69) is 33.0 Å². The van der Waals surface area contributed by atoms with E-state index in [-0.39, 0.29) is 46.6 Å². The third kappa shape index (κ3) is 15.7. The van der Waals surface area contributed by atoms with Crippen LogP contribution in [0.25, 0.3) is 16.9 Å². The number of amides is 1. The average molecular weight is 757 g/mol. The first-order chi connectivity index (χ1) is 25.0. The van der Waals surface area contributed by atoms with Crippen LogP contribution < -0.4 is 11.2 Å². The van der Waals surface area contributed by atoms with Crippen molar-refractivity contribution in [1.82, 2.24) is 5.32 Å². The van der Waals surface area contributed by atoms with Crippen LogP contribution in [-0.2, 0) is 28.5 Å². The summed E-state index contributed by atoms with van der Waals surface area (Å²) in [6.45, 7) is 14.8. The van der Waals surface area contributed by atoms with Gasteiger partial charge in [0.1, 0.15) is 5.82 Å². The van der Waals surface area contributed by atoms with Crippen LogP contribution in [-0.4, -0.2) is 27.0 Å². The van der Waals surface area contributed by atoms with Gasteiger partial charge >= 0.3 is 6.18 Å². The summed E-state index contributed by atoms with van der Waals surface area (Å²) in [5.74, 6) is 4.44. The number of aryl methyl sites for hydroxylation is 2. The van der Waals surface area contributed by atoms with Gasteiger partial charge in [0.2, 0.25) is 0 Å². The number of hydrogen-bond donors (Lipinski definition) is 3. The van der Waals surface area contributed by atoms with Crippen molar-refractivity contribution in [3.05, 3.63) is 136 Å². The molecule has 0 aliphatic heterocycles. The fourth-order valence-corrected chi connectivity index (χ4v) is 5.39. The van der Waals surface area contributed by atoms with Gasteiger partial charge in [-0.3, -0.25) is 4.79 Å². The molecule has 53 heavy (non-hydrogen) atoms. The lowest BCUT2D eigenvalue weighted by Gasteiger charge is -2.18. The highest BCUT2D eigenvalue weighted by Crippen LogP contribution is 2.38. The molecule has 6 nitrogen and oxygen atoms in total. The zero-order valence-electron chi connectivity index (χ0n) is 31.5. The molecule has 0 fully saturated rings. The Bertz CT molecular complexity index is 1780. The predicted octanol–water partition coefficient (Wildman–Crippen LogP) is 10.9. The number of benzene rings is 4. The summed E-state index contributed by atoms with van der Waals surface area (Å²) in [7, 11) is 0. The first-order valence-electron chi connectivity index (χ1n) is 17.5. The molecule has 0 saturated heterocycles. The second kappa shape index (κ2) is 21.4. The molecule has 4 aromatic rings. The Balaban J connectivity index is 0.00000128. The van der Waals surface area contributed by atoms with Gasteiger partial charge < -0.3 is 14.7 Å². The fraction of sp³-hybridized carbons (Fsp3) is 0.357. The number of nitrogens with one attached hydrogen (secondary N) is 1. The van der Waals surface area contributed by atoms with Gasteiger partial charge in [0, 0.05) is 12.1 Å². The van der Waals surface area contributed by atoms with Gasteiger partial charge in [-0.05, 0) is 96.2 Å². The van der Waals surface area contributed by atoms with Gasteiger partial charge in [0.25, 0.3) is 5.91 Å². The number of carbonyl (C=O) groups excluding carboxylic acids is 1. The van der Waals surface area contributed by atoms with E-state index in [1.165, 1.54) is 30.3 Å². The lowest BCUT2D eigenvalue weighted by molar-refractivity contribution is -0.137. The average Bonchev–Trinajstić information content (AvgIpc) is 3.10. The van der Waals surface area contributed by atoms with Crippen LogP contribution in [0.2, 0.25) is 0 Å². The number of carbonyl (C=O) groups is 1. The smallest absolute Gasteiger partial charge is 0.411 e. The summed E-state index contributed by atoms with van der Waals surface area (Å²) >= 11 is -1.99. The van der Waals surface area contributed by atoms with Crippen molar-refractivity contribution in [3.63, 3.8) is 0 Å². The summed E-state index contributed by atoms with van der Waals surface area (Å²) in [5.41, 5.74) is 3.21. The van der Waals surface area contributed by atoms with Crippen LogP contribution in [0.3, 0.4) is 0 Å². The van der Waals surface area contributed by atoms with E-state index in [0.29, 0.717) is 30.2 Å². The van der Waals surface area contributed by atoms with E-state index < -0.39 is 28.6 Å². The van der Waals surface area contributed by atoms with Gasteiger partial charge in [-0.2, -0.15) is 19.1 Å². The van der Waals surface area contributed by atoms with E-state index in [1.54, 1.807) is 18.2 Å². The standard InChI is InChI=1S/C35H34F4N2O4S.C5H12.C2H6/c1-23-6-11-25(12-7-23)26(13-8-24-9-14-27(15-10-24)34(42)41-20-21-46(43)44)17-19-33(45-40)30-22-28(16-18-32(30)36)29-4-2-3-5-31(29)35(37,38)39;1-5(2,3)4;1-2/h2-7,9-12,14-16,18-19,22,26H,8,13,17,20-21,40H2,1H3,(H,41,42)(H,43,44);1-4H3;1-2H3/b33-19-;;. The van der Waals surface area contributed by atoms with Gasteiger partial charge in [0.05, 0.1) is 16.9 Å². The van der Waals surface area contributed by atoms with Crippen LogP contribution in [0.5, 0.6) is 0 Å². The Labute approximate surface area is 314 Å². The summed E-state index contributed by atoms with van der Waals surface area (Å²) in [5, 5.41) is 2.60. The molecule has 0 radical (unpaired) electrons. The fourth-order valence-electron chi connectivity index (χ4n) is 5.11. The quantitative estimate of drug-likeness (QED) is 0.0546. The number of rotatable bonds is 13. The number of alkyl halides is 3. The molecule has 0 aliphatic rings. The minimum absolute atomic E-state index is 0.00125. The molecule has 2 unspecified atom stereocenters. The van der Waals surface area contributed by atoms with Crippen molar-refractivity contribution in [2.75, 3.05) is 12.3 Å². The third-order valence-electron chi connectivity index (χ3n) is 7.60. The number of allylic oxidation sites excluding steroid dienone is 1. The second-order valence-corrected chi connectivity index (χ2v) is 14.8. The molecule has 0 aromatic heterocycles. The molecule has 1 amide bonds. The van der Waals surface area contributed by atoms with Gasteiger partial charge in [0.15, 0.2) is 16.8 Å². The summed E-state index contributed by atoms with van der Waals surface area (Å²) in [6.07, 6.45) is -1.23. The molecule has 4 aromatic carbocycles. The monoisotopic (exact) mass is 756 g/mol. The lowest BCUT2D eigenvalue weighted by atomic mass is 9.88. The Morgan fingerprint density at radius 3 is 2.11 bits per heavy atom. The van der Waals surface area contributed by atoms with Crippen LogP contribution >= 0.6 is 0 Å². The first-order valence-corrected chi connectivity index (χ1v) is 18.8. The Morgan fingerprint density at radius 2 is 1.55 bits per heavy atom. The van der Waals surface area contributed by atoms with Crippen molar-refractivity contribution in [2.24, 2.45) is 11.3 Å². The van der Waals surface area contributed by atoms with E-state index in [4.69, 9.17) is 15.3 Å². The third-order valence-corrected chi connectivity index (χ3v) is 8.15. The summed E-state index contributed by atoms with van der Waals surface area (Å²) < 4.78 is 75.8. The van der Waals surface area contributed by atoms with Crippen molar-refractivity contribution in [1.29, 1.82) is 0 Å². The molecule has 288 valence electrons.